The molecule has 1 aromatic carbocycles. The van der Waals surface area contributed by atoms with Crippen LogP contribution in [0.2, 0.25) is 0 Å². The number of nitrogens with zero attached hydrogens (tertiary/aromatic N) is 3. The maximum Gasteiger partial charge on any atom is 0.276 e. The average molecular weight is 363 g/mol. The first-order valence-electron chi connectivity index (χ1n) is 8.66. The van der Waals surface area contributed by atoms with Crippen molar-refractivity contribution >= 4 is 17.4 Å². The van der Waals surface area contributed by atoms with Crippen LogP contribution >= 0.6 is 0 Å². The molecule has 0 spiro atoms. The second kappa shape index (κ2) is 8.75. The number of aromatic nitrogens is 3. The third-order valence-corrected chi connectivity index (χ3v) is 3.56. The van der Waals surface area contributed by atoms with Gasteiger partial charge in [0.15, 0.2) is 5.69 Å². The molecule has 7 nitrogen and oxygen atoms in total. The van der Waals surface area contributed by atoms with Crippen LogP contribution in [0, 0.1) is 0 Å². The van der Waals surface area contributed by atoms with Crippen LogP contribution in [0.4, 0.5) is 11.5 Å². The van der Waals surface area contributed by atoms with Crippen molar-refractivity contribution in [3.63, 3.8) is 0 Å². The average Bonchev–Trinajstić information content (AvgIpc) is 2.69. The zero-order valence-electron chi connectivity index (χ0n) is 15.2. The predicted molar refractivity (Wildman–Crippen MR) is 104 cm³/mol. The monoisotopic (exact) mass is 363 g/mol. The number of hydrogen-bond acceptors (Lipinski definition) is 6. The number of nitrogens with one attached hydrogen (secondary N) is 2. The lowest BCUT2D eigenvalue weighted by atomic mass is 10.2. The lowest BCUT2D eigenvalue weighted by Crippen LogP contribution is -2.15. The van der Waals surface area contributed by atoms with E-state index >= 15 is 0 Å². The number of anilines is 2. The Kier molecular flexibility index (Phi) is 5.94. The smallest absolute Gasteiger partial charge is 0.276 e. The van der Waals surface area contributed by atoms with E-state index in [2.05, 4.69) is 25.8 Å². The number of pyridine rings is 1. The van der Waals surface area contributed by atoms with Crippen molar-refractivity contribution in [3.05, 3.63) is 72.2 Å². The molecule has 2 aromatic heterocycles. The summed E-state index contributed by atoms with van der Waals surface area (Å²) in [7, 11) is 0. The van der Waals surface area contributed by atoms with Gasteiger partial charge in [-0.15, -0.1) is 10.2 Å². The van der Waals surface area contributed by atoms with E-state index in [-0.39, 0.29) is 17.7 Å². The van der Waals surface area contributed by atoms with Gasteiger partial charge in [0.1, 0.15) is 11.6 Å². The summed E-state index contributed by atoms with van der Waals surface area (Å²) >= 11 is 0. The molecule has 27 heavy (non-hydrogen) atoms. The van der Waals surface area contributed by atoms with Crippen molar-refractivity contribution in [1.29, 1.82) is 0 Å². The Morgan fingerprint density at radius 2 is 1.85 bits per heavy atom. The van der Waals surface area contributed by atoms with Gasteiger partial charge in [0, 0.05) is 11.9 Å². The fourth-order valence-corrected chi connectivity index (χ4v) is 2.32. The van der Waals surface area contributed by atoms with E-state index in [1.807, 2.05) is 44.2 Å². The highest BCUT2D eigenvalue weighted by atomic mass is 16.5. The fraction of sp³-hybridized carbons (Fsp3) is 0.200. The van der Waals surface area contributed by atoms with Gasteiger partial charge in [-0.3, -0.25) is 9.78 Å². The minimum absolute atomic E-state index is 0.102. The molecule has 2 heterocycles. The molecule has 0 aliphatic carbocycles. The van der Waals surface area contributed by atoms with Crippen molar-refractivity contribution in [3.8, 4) is 5.75 Å². The van der Waals surface area contributed by atoms with Crippen LogP contribution in [-0.4, -0.2) is 27.2 Å². The molecule has 0 aliphatic rings. The van der Waals surface area contributed by atoms with E-state index in [1.165, 1.54) is 0 Å². The summed E-state index contributed by atoms with van der Waals surface area (Å²) < 4.78 is 5.58. The van der Waals surface area contributed by atoms with Crippen LogP contribution in [0.25, 0.3) is 0 Å². The standard InChI is InChI=1S/C20H21N5O2/c1-14(2)27-17-8-6-15(7-9-17)23-20(26)18-10-11-19(25-24-18)22-13-16-5-3-4-12-21-16/h3-12,14H,13H2,1-2H3,(H,22,25)(H,23,26). The SMILES string of the molecule is CC(C)Oc1ccc(NC(=O)c2ccc(NCc3ccccn3)nn2)cc1. The summed E-state index contributed by atoms with van der Waals surface area (Å²) in [5.41, 5.74) is 1.79. The quantitative estimate of drug-likeness (QED) is 0.668. The number of carbonyl (C=O) groups is 1. The summed E-state index contributed by atoms with van der Waals surface area (Å²) in [5, 5.41) is 13.9. The summed E-state index contributed by atoms with van der Waals surface area (Å²) in [6.07, 6.45) is 1.84. The Balaban J connectivity index is 1.55. The van der Waals surface area contributed by atoms with Crippen molar-refractivity contribution in [2.24, 2.45) is 0 Å². The predicted octanol–water partition coefficient (Wildman–Crippen LogP) is 3.52. The number of amides is 1. The number of benzene rings is 1. The lowest BCUT2D eigenvalue weighted by Gasteiger charge is -2.10. The highest BCUT2D eigenvalue weighted by Gasteiger charge is 2.09. The summed E-state index contributed by atoms with van der Waals surface area (Å²) in [6.45, 7) is 4.46. The molecular formula is C20H21N5O2. The van der Waals surface area contributed by atoms with E-state index in [0.717, 1.165) is 11.4 Å². The summed E-state index contributed by atoms with van der Waals surface area (Å²) in [6, 6.07) is 16.2. The molecule has 7 heteroatoms. The Hall–Kier alpha value is -3.48. The van der Waals surface area contributed by atoms with Gasteiger partial charge in [0.25, 0.3) is 5.91 Å². The van der Waals surface area contributed by atoms with Crippen molar-refractivity contribution in [2.75, 3.05) is 10.6 Å². The second-order valence-electron chi connectivity index (χ2n) is 6.12. The third-order valence-electron chi connectivity index (χ3n) is 3.56. The van der Waals surface area contributed by atoms with Crippen LogP contribution in [0.3, 0.4) is 0 Å². The molecule has 1 amide bonds. The number of ether oxygens (including phenoxy) is 1. The zero-order chi connectivity index (χ0) is 19.1. The molecule has 2 N–H and O–H groups in total. The molecule has 0 saturated heterocycles. The Bertz CT molecular complexity index is 865. The molecular weight excluding hydrogens is 342 g/mol. The third kappa shape index (κ3) is 5.50. The van der Waals surface area contributed by atoms with Gasteiger partial charge in [-0.2, -0.15) is 0 Å². The summed E-state index contributed by atoms with van der Waals surface area (Å²) in [5.74, 6) is 1.01. The second-order valence-corrected chi connectivity index (χ2v) is 6.12. The maximum absolute atomic E-state index is 12.3. The van der Waals surface area contributed by atoms with Gasteiger partial charge in [-0.25, -0.2) is 0 Å². The molecule has 3 aromatic rings. The van der Waals surface area contributed by atoms with E-state index in [1.54, 1.807) is 30.5 Å². The maximum atomic E-state index is 12.3. The Morgan fingerprint density at radius 1 is 1.04 bits per heavy atom. The van der Waals surface area contributed by atoms with Gasteiger partial charge in [-0.05, 0) is 62.4 Å². The van der Waals surface area contributed by atoms with Crippen LogP contribution < -0.4 is 15.4 Å². The minimum atomic E-state index is -0.323. The molecule has 0 aliphatic heterocycles. The van der Waals surface area contributed by atoms with Crippen LogP contribution in [0.5, 0.6) is 5.75 Å². The molecule has 0 fully saturated rings. The van der Waals surface area contributed by atoms with Crippen molar-refractivity contribution in [2.45, 2.75) is 26.5 Å². The molecule has 3 rings (SSSR count). The van der Waals surface area contributed by atoms with Gasteiger partial charge in [0.2, 0.25) is 0 Å². The molecule has 0 bridgehead atoms. The molecule has 138 valence electrons. The van der Waals surface area contributed by atoms with Gasteiger partial charge in [-0.1, -0.05) is 6.07 Å². The molecule has 0 unspecified atom stereocenters. The zero-order valence-corrected chi connectivity index (χ0v) is 15.2. The minimum Gasteiger partial charge on any atom is -0.491 e. The first-order valence-corrected chi connectivity index (χ1v) is 8.66. The van der Waals surface area contributed by atoms with Gasteiger partial charge < -0.3 is 15.4 Å². The highest BCUT2D eigenvalue weighted by Crippen LogP contribution is 2.17. The van der Waals surface area contributed by atoms with Crippen LogP contribution in [0.1, 0.15) is 30.0 Å². The number of hydrogen-bond donors (Lipinski definition) is 2. The fourth-order valence-electron chi connectivity index (χ4n) is 2.32. The highest BCUT2D eigenvalue weighted by molar-refractivity contribution is 6.02. The molecule has 0 radical (unpaired) electrons. The topological polar surface area (TPSA) is 89.0 Å². The number of carbonyl (C=O) groups excluding carboxylic acids is 1. The normalized spacial score (nSPS) is 10.5. The van der Waals surface area contributed by atoms with Gasteiger partial charge in [0.05, 0.1) is 18.3 Å². The van der Waals surface area contributed by atoms with Crippen molar-refractivity contribution in [1.82, 2.24) is 15.2 Å². The van der Waals surface area contributed by atoms with Crippen LogP contribution in [-0.2, 0) is 6.54 Å². The van der Waals surface area contributed by atoms with Crippen LogP contribution in [0.15, 0.2) is 60.8 Å². The van der Waals surface area contributed by atoms with Crippen molar-refractivity contribution < 1.29 is 9.53 Å². The summed E-state index contributed by atoms with van der Waals surface area (Å²) in [4.78, 5) is 16.5. The van der Waals surface area contributed by atoms with E-state index < -0.39 is 0 Å². The molecule has 0 saturated carbocycles. The first kappa shape index (κ1) is 18.3. The van der Waals surface area contributed by atoms with E-state index in [0.29, 0.717) is 18.1 Å². The van der Waals surface area contributed by atoms with Gasteiger partial charge >= 0.3 is 0 Å². The lowest BCUT2D eigenvalue weighted by molar-refractivity contribution is 0.102. The molecule has 0 atom stereocenters. The first-order chi connectivity index (χ1) is 13.1. The van der Waals surface area contributed by atoms with E-state index in [4.69, 9.17) is 4.74 Å². The Morgan fingerprint density at radius 3 is 2.48 bits per heavy atom. The largest absolute Gasteiger partial charge is 0.491 e. The Labute approximate surface area is 157 Å². The number of rotatable bonds is 7. The van der Waals surface area contributed by atoms with E-state index in [9.17, 15) is 4.79 Å².